The van der Waals surface area contributed by atoms with Gasteiger partial charge in [0.15, 0.2) is 0 Å². The van der Waals surface area contributed by atoms with Crippen molar-refractivity contribution in [2.45, 2.75) is 25.6 Å². The second kappa shape index (κ2) is 8.55. The van der Waals surface area contributed by atoms with Crippen LogP contribution in [0.2, 0.25) is 0 Å². The molecule has 1 aliphatic heterocycles. The highest BCUT2D eigenvalue weighted by Gasteiger charge is 2.27. The molecule has 1 saturated heterocycles. The van der Waals surface area contributed by atoms with Gasteiger partial charge in [0.2, 0.25) is 5.91 Å². The Labute approximate surface area is 152 Å². The van der Waals surface area contributed by atoms with Gasteiger partial charge in [-0.3, -0.25) is 14.6 Å². The van der Waals surface area contributed by atoms with Crippen molar-refractivity contribution in [1.82, 2.24) is 15.6 Å². The quantitative estimate of drug-likeness (QED) is 0.753. The molecule has 0 saturated carbocycles. The summed E-state index contributed by atoms with van der Waals surface area (Å²) in [6.45, 7) is 3.53. The Bertz CT molecular complexity index is 766. The predicted octanol–water partition coefficient (Wildman–Crippen LogP) is 1.33. The van der Waals surface area contributed by atoms with E-state index in [2.05, 4.69) is 20.9 Å². The molecule has 2 aromatic rings. The first-order valence-corrected chi connectivity index (χ1v) is 8.57. The Morgan fingerprint density at radius 2 is 2.15 bits per heavy atom. The summed E-state index contributed by atoms with van der Waals surface area (Å²) in [4.78, 5) is 28.5. The van der Waals surface area contributed by atoms with E-state index in [9.17, 15) is 9.59 Å². The lowest BCUT2D eigenvalue weighted by Crippen LogP contribution is -2.55. The number of anilines is 1. The molecule has 136 valence electrons. The minimum Gasteiger partial charge on any atom is -0.375 e. The highest BCUT2D eigenvalue weighted by atomic mass is 16.5. The normalized spacial score (nSPS) is 19.6. The number of pyridine rings is 1. The maximum absolute atomic E-state index is 12.3. The minimum absolute atomic E-state index is 0.0971. The van der Waals surface area contributed by atoms with Gasteiger partial charge in [0.1, 0.15) is 11.7 Å². The molecule has 3 N–H and O–H groups in total. The number of carbonyl (C=O) groups excluding carboxylic acids is 2. The van der Waals surface area contributed by atoms with E-state index in [1.165, 1.54) is 0 Å². The maximum atomic E-state index is 12.3. The monoisotopic (exact) mass is 354 g/mol. The van der Waals surface area contributed by atoms with Crippen LogP contribution in [0.3, 0.4) is 0 Å². The second-order valence-electron chi connectivity index (χ2n) is 6.09. The van der Waals surface area contributed by atoms with Crippen LogP contribution < -0.4 is 16.0 Å². The fraction of sp³-hybridized carbons (Fsp3) is 0.316. The molecular formula is C19H22N4O3. The lowest BCUT2D eigenvalue weighted by Gasteiger charge is -2.29. The summed E-state index contributed by atoms with van der Waals surface area (Å²) in [5.74, 6) is -0.371. The summed E-state index contributed by atoms with van der Waals surface area (Å²) in [5.41, 5.74) is 1.89. The first-order valence-electron chi connectivity index (χ1n) is 8.57. The number of nitrogens with one attached hydrogen (secondary N) is 3. The lowest BCUT2D eigenvalue weighted by atomic mass is 10.1. The third kappa shape index (κ3) is 4.65. The zero-order chi connectivity index (χ0) is 18.4. The summed E-state index contributed by atoms with van der Waals surface area (Å²) in [5, 5.41) is 8.87. The van der Waals surface area contributed by atoms with Gasteiger partial charge in [-0.2, -0.15) is 0 Å². The standard InChI is InChI=1S/C19H22N4O3/c1-13-17(21-9-10-26-13)19(25)22-12-14-5-4-6-15(11-14)23-18(24)16-7-2-3-8-20-16/h2-8,11,13,17,21H,9-10,12H2,1H3,(H,22,25)(H,23,24)/t13-,17+/m1/s1. The van der Waals surface area contributed by atoms with E-state index in [0.29, 0.717) is 31.1 Å². The highest BCUT2D eigenvalue weighted by Crippen LogP contribution is 2.12. The van der Waals surface area contributed by atoms with Crippen molar-refractivity contribution >= 4 is 17.5 Å². The van der Waals surface area contributed by atoms with Crippen LogP contribution in [-0.2, 0) is 16.1 Å². The maximum Gasteiger partial charge on any atom is 0.274 e. The van der Waals surface area contributed by atoms with Crippen LogP contribution in [-0.4, -0.2) is 42.1 Å². The molecule has 0 radical (unpaired) electrons. The van der Waals surface area contributed by atoms with Crippen molar-refractivity contribution in [3.8, 4) is 0 Å². The average Bonchev–Trinajstić information content (AvgIpc) is 2.67. The van der Waals surface area contributed by atoms with Crippen LogP contribution in [0.15, 0.2) is 48.7 Å². The van der Waals surface area contributed by atoms with Gasteiger partial charge in [0.25, 0.3) is 5.91 Å². The molecule has 0 aliphatic carbocycles. The summed E-state index contributed by atoms with van der Waals surface area (Å²) >= 11 is 0. The highest BCUT2D eigenvalue weighted by molar-refractivity contribution is 6.02. The van der Waals surface area contributed by atoms with Gasteiger partial charge in [-0.15, -0.1) is 0 Å². The molecule has 1 aromatic heterocycles. The van der Waals surface area contributed by atoms with Crippen LogP contribution in [0.4, 0.5) is 5.69 Å². The second-order valence-corrected chi connectivity index (χ2v) is 6.09. The van der Waals surface area contributed by atoms with E-state index in [1.54, 1.807) is 30.5 Å². The Morgan fingerprint density at radius 1 is 1.27 bits per heavy atom. The Hall–Kier alpha value is -2.77. The van der Waals surface area contributed by atoms with E-state index < -0.39 is 0 Å². The Morgan fingerprint density at radius 3 is 2.92 bits per heavy atom. The topological polar surface area (TPSA) is 92.4 Å². The number of hydrogen-bond acceptors (Lipinski definition) is 5. The zero-order valence-electron chi connectivity index (χ0n) is 14.6. The molecule has 26 heavy (non-hydrogen) atoms. The molecule has 0 unspecified atom stereocenters. The van der Waals surface area contributed by atoms with Gasteiger partial charge in [-0.1, -0.05) is 18.2 Å². The smallest absolute Gasteiger partial charge is 0.274 e. The molecule has 2 amide bonds. The fourth-order valence-corrected chi connectivity index (χ4v) is 2.78. The van der Waals surface area contributed by atoms with E-state index >= 15 is 0 Å². The van der Waals surface area contributed by atoms with E-state index in [4.69, 9.17) is 4.74 Å². The van der Waals surface area contributed by atoms with Crippen molar-refractivity contribution < 1.29 is 14.3 Å². The predicted molar refractivity (Wildman–Crippen MR) is 97.7 cm³/mol. The van der Waals surface area contributed by atoms with Crippen molar-refractivity contribution in [2.75, 3.05) is 18.5 Å². The molecule has 1 aliphatic rings. The number of benzene rings is 1. The van der Waals surface area contributed by atoms with Gasteiger partial charge < -0.3 is 20.7 Å². The number of morpholine rings is 1. The van der Waals surface area contributed by atoms with Gasteiger partial charge in [-0.25, -0.2) is 0 Å². The zero-order valence-corrected chi connectivity index (χ0v) is 14.6. The first kappa shape index (κ1) is 18.0. The number of carbonyl (C=O) groups is 2. The summed E-state index contributed by atoms with van der Waals surface area (Å²) in [6, 6.07) is 12.2. The third-order valence-corrected chi connectivity index (χ3v) is 4.15. The number of nitrogens with zero attached hydrogens (tertiary/aromatic N) is 1. The molecule has 7 nitrogen and oxygen atoms in total. The lowest BCUT2D eigenvalue weighted by molar-refractivity contribution is -0.129. The van der Waals surface area contributed by atoms with Crippen molar-refractivity contribution in [2.24, 2.45) is 0 Å². The van der Waals surface area contributed by atoms with E-state index in [-0.39, 0.29) is 24.0 Å². The minimum atomic E-state index is -0.351. The van der Waals surface area contributed by atoms with Crippen molar-refractivity contribution in [1.29, 1.82) is 0 Å². The molecule has 1 fully saturated rings. The number of rotatable bonds is 5. The fourth-order valence-electron chi connectivity index (χ4n) is 2.78. The van der Waals surface area contributed by atoms with Gasteiger partial charge in [0, 0.05) is 25.0 Å². The van der Waals surface area contributed by atoms with Gasteiger partial charge >= 0.3 is 0 Å². The number of amides is 2. The summed E-state index contributed by atoms with van der Waals surface area (Å²) < 4.78 is 5.49. The molecule has 7 heteroatoms. The molecule has 2 heterocycles. The number of ether oxygens (including phenoxy) is 1. The van der Waals surface area contributed by atoms with Crippen LogP contribution in [0.1, 0.15) is 23.0 Å². The molecule has 3 rings (SSSR count). The van der Waals surface area contributed by atoms with Crippen LogP contribution in [0.5, 0.6) is 0 Å². The number of aromatic nitrogens is 1. The summed E-state index contributed by atoms with van der Waals surface area (Å²) in [7, 11) is 0. The molecule has 1 aromatic carbocycles. The van der Waals surface area contributed by atoms with Gasteiger partial charge in [-0.05, 0) is 36.8 Å². The van der Waals surface area contributed by atoms with Crippen LogP contribution in [0, 0.1) is 0 Å². The van der Waals surface area contributed by atoms with Crippen molar-refractivity contribution in [3.63, 3.8) is 0 Å². The van der Waals surface area contributed by atoms with Crippen molar-refractivity contribution in [3.05, 3.63) is 59.9 Å². The van der Waals surface area contributed by atoms with Crippen LogP contribution >= 0.6 is 0 Å². The first-order chi connectivity index (χ1) is 12.6. The Balaban J connectivity index is 1.57. The Kier molecular flexibility index (Phi) is 5.93. The largest absolute Gasteiger partial charge is 0.375 e. The average molecular weight is 354 g/mol. The van der Waals surface area contributed by atoms with Gasteiger partial charge in [0.05, 0.1) is 12.7 Å². The van der Waals surface area contributed by atoms with E-state index in [0.717, 1.165) is 5.56 Å². The molecule has 0 bridgehead atoms. The molecule has 0 spiro atoms. The SMILES string of the molecule is C[C@H]1OCCN[C@@H]1C(=O)NCc1cccc(NC(=O)c2ccccn2)c1. The third-order valence-electron chi connectivity index (χ3n) is 4.15. The summed E-state index contributed by atoms with van der Waals surface area (Å²) in [6.07, 6.45) is 1.41. The number of hydrogen-bond donors (Lipinski definition) is 3. The molecular weight excluding hydrogens is 332 g/mol. The molecule has 2 atom stereocenters. The van der Waals surface area contributed by atoms with E-state index in [1.807, 2.05) is 25.1 Å². The van der Waals surface area contributed by atoms with Crippen LogP contribution in [0.25, 0.3) is 0 Å².